The van der Waals surface area contributed by atoms with Crippen LogP contribution in [0.2, 0.25) is 0 Å². The topological polar surface area (TPSA) is 58.6 Å². The number of hydrogen-bond donors (Lipinski definition) is 1. The number of ether oxygens (including phenoxy) is 1. The summed E-state index contributed by atoms with van der Waals surface area (Å²) in [7, 11) is -1.95. The van der Waals surface area contributed by atoms with Crippen molar-refractivity contribution in [1.82, 2.24) is 4.72 Å². The van der Waals surface area contributed by atoms with Gasteiger partial charge in [-0.3, -0.25) is 0 Å². The average molecular weight is 362 g/mol. The minimum absolute atomic E-state index is 0.295. The summed E-state index contributed by atoms with van der Waals surface area (Å²) in [4.78, 5) is 2.52. The molecular formula is C19H26N2O3S. The number of anilines is 1. The zero-order valence-corrected chi connectivity index (χ0v) is 15.8. The van der Waals surface area contributed by atoms with Gasteiger partial charge in [0, 0.05) is 25.3 Å². The van der Waals surface area contributed by atoms with E-state index in [0.717, 1.165) is 25.2 Å². The maximum atomic E-state index is 12.5. The summed E-state index contributed by atoms with van der Waals surface area (Å²) >= 11 is 0. The molecule has 0 spiro atoms. The third-order valence-corrected chi connectivity index (χ3v) is 5.69. The molecule has 0 aliphatic rings. The first-order valence-electron chi connectivity index (χ1n) is 8.42. The molecule has 1 N–H and O–H groups in total. The summed E-state index contributed by atoms with van der Waals surface area (Å²) in [5, 5.41) is 0. The summed E-state index contributed by atoms with van der Waals surface area (Å²) in [5.41, 5.74) is 1.82. The van der Waals surface area contributed by atoms with E-state index in [4.69, 9.17) is 4.74 Å². The monoisotopic (exact) mass is 362 g/mol. The molecule has 6 heteroatoms. The quantitative estimate of drug-likeness (QED) is 0.696. The van der Waals surface area contributed by atoms with Crippen molar-refractivity contribution in [3.8, 4) is 5.75 Å². The predicted molar refractivity (Wildman–Crippen MR) is 102 cm³/mol. The number of para-hydroxylation sites is 1. The van der Waals surface area contributed by atoms with Crippen molar-refractivity contribution in [2.45, 2.75) is 25.2 Å². The Hall–Kier alpha value is -2.05. The van der Waals surface area contributed by atoms with Crippen molar-refractivity contribution < 1.29 is 13.2 Å². The van der Waals surface area contributed by atoms with E-state index in [2.05, 4.69) is 28.7 Å². The Morgan fingerprint density at radius 1 is 1.12 bits per heavy atom. The SMILES string of the molecule is CCN(CCCNS(=O)(=O)c1ccc(OC)cc1C)c1ccccc1. The van der Waals surface area contributed by atoms with Gasteiger partial charge in [-0.2, -0.15) is 0 Å². The van der Waals surface area contributed by atoms with Gasteiger partial charge in [0.2, 0.25) is 10.0 Å². The number of methoxy groups -OCH3 is 1. The molecule has 2 aromatic rings. The van der Waals surface area contributed by atoms with Crippen LogP contribution in [0.4, 0.5) is 5.69 Å². The molecular weight excluding hydrogens is 336 g/mol. The summed E-state index contributed by atoms with van der Waals surface area (Å²) in [6.07, 6.45) is 0.733. The highest BCUT2D eigenvalue weighted by Gasteiger charge is 2.16. The number of sulfonamides is 1. The largest absolute Gasteiger partial charge is 0.497 e. The lowest BCUT2D eigenvalue weighted by molar-refractivity contribution is 0.414. The van der Waals surface area contributed by atoms with Gasteiger partial charge in [0.15, 0.2) is 0 Å². The van der Waals surface area contributed by atoms with Gasteiger partial charge < -0.3 is 9.64 Å². The molecule has 25 heavy (non-hydrogen) atoms. The van der Waals surface area contributed by atoms with Gasteiger partial charge in [-0.15, -0.1) is 0 Å². The van der Waals surface area contributed by atoms with Gasteiger partial charge in [-0.05, 0) is 56.2 Å². The molecule has 0 saturated carbocycles. The summed E-state index contributed by atoms with van der Waals surface area (Å²) < 4.78 is 32.8. The molecule has 136 valence electrons. The summed E-state index contributed by atoms with van der Waals surface area (Å²) in [5.74, 6) is 0.651. The molecule has 5 nitrogen and oxygen atoms in total. The molecule has 0 bridgehead atoms. The molecule has 0 atom stereocenters. The Labute approximate surface area is 150 Å². The second kappa shape index (κ2) is 8.87. The molecule has 0 aliphatic heterocycles. The highest BCUT2D eigenvalue weighted by molar-refractivity contribution is 7.89. The lowest BCUT2D eigenvalue weighted by atomic mass is 10.2. The maximum Gasteiger partial charge on any atom is 0.240 e. The van der Waals surface area contributed by atoms with Gasteiger partial charge in [-0.25, -0.2) is 13.1 Å². The highest BCUT2D eigenvalue weighted by atomic mass is 32.2. The van der Waals surface area contributed by atoms with Crippen molar-refractivity contribution in [3.63, 3.8) is 0 Å². The van der Waals surface area contributed by atoms with Gasteiger partial charge in [-0.1, -0.05) is 18.2 Å². The fraction of sp³-hybridized carbons (Fsp3) is 0.368. The molecule has 0 saturated heterocycles. The molecule has 0 heterocycles. The third kappa shape index (κ3) is 5.21. The summed E-state index contributed by atoms with van der Waals surface area (Å²) in [6.45, 7) is 5.94. The number of hydrogen-bond acceptors (Lipinski definition) is 4. The molecule has 0 fully saturated rings. The average Bonchev–Trinajstić information content (AvgIpc) is 2.62. The van der Waals surface area contributed by atoms with Crippen molar-refractivity contribution in [3.05, 3.63) is 54.1 Å². The van der Waals surface area contributed by atoms with E-state index in [0.29, 0.717) is 22.8 Å². The lowest BCUT2D eigenvalue weighted by Crippen LogP contribution is -2.30. The standard InChI is InChI=1S/C19H26N2O3S/c1-4-21(17-9-6-5-7-10-17)14-8-13-20-25(22,23)19-12-11-18(24-3)15-16(19)2/h5-7,9-12,15,20H,4,8,13-14H2,1-3H3. The van der Waals surface area contributed by atoms with Crippen LogP contribution in [0.25, 0.3) is 0 Å². The summed E-state index contributed by atoms with van der Waals surface area (Å²) in [6, 6.07) is 15.1. The lowest BCUT2D eigenvalue weighted by Gasteiger charge is -2.23. The van der Waals surface area contributed by atoms with Crippen LogP contribution in [0.3, 0.4) is 0 Å². The van der Waals surface area contributed by atoms with Crippen molar-refractivity contribution in [2.75, 3.05) is 31.6 Å². The van der Waals surface area contributed by atoms with E-state index in [-0.39, 0.29) is 0 Å². The Kier molecular flexibility index (Phi) is 6.84. The number of nitrogens with one attached hydrogen (secondary N) is 1. The van der Waals surface area contributed by atoms with Gasteiger partial charge in [0.25, 0.3) is 0 Å². The normalized spacial score (nSPS) is 11.3. The van der Waals surface area contributed by atoms with E-state index in [1.807, 2.05) is 18.2 Å². The zero-order valence-electron chi connectivity index (χ0n) is 15.0. The Balaban J connectivity index is 1.92. The minimum Gasteiger partial charge on any atom is -0.497 e. The first-order valence-corrected chi connectivity index (χ1v) is 9.90. The number of rotatable bonds is 9. The van der Waals surface area contributed by atoms with E-state index >= 15 is 0 Å². The zero-order chi connectivity index (χ0) is 18.3. The Bertz CT molecular complexity index is 777. The molecule has 2 aromatic carbocycles. The van der Waals surface area contributed by atoms with Crippen LogP contribution in [0.1, 0.15) is 18.9 Å². The van der Waals surface area contributed by atoms with Crippen LogP contribution in [-0.2, 0) is 10.0 Å². The highest BCUT2D eigenvalue weighted by Crippen LogP contribution is 2.20. The second-order valence-electron chi connectivity index (χ2n) is 5.80. The first kappa shape index (κ1) is 19.3. The third-order valence-electron chi connectivity index (χ3n) is 4.07. The van der Waals surface area contributed by atoms with Crippen LogP contribution in [-0.4, -0.2) is 35.2 Å². The van der Waals surface area contributed by atoms with Crippen LogP contribution in [0.15, 0.2) is 53.4 Å². The van der Waals surface area contributed by atoms with Crippen LogP contribution in [0, 0.1) is 6.92 Å². The fourth-order valence-corrected chi connectivity index (χ4v) is 4.01. The van der Waals surface area contributed by atoms with Crippen LogP contribution < -0.4 is 14.4 Å². The predicted octanol–water partition coefficient (Wildman–Crippen LogP) is 3.20. The van der Waals surface area contributed by atoms with E-state index < -0.39 is 10.0 Å². The van der Waals surface area contributed by atoms with Gasteiger partial charge in [0.05, 0.1) is 12.0 Å². The van der Waals surface area contributed by atoms with Crippen LogP contribution in [0.5, 0.6) is 5.75 Å². The van der Waals surface area contributed by atoms with Crippen molar-refractivity contribution in [1.29, 1.82) is 0 Å². The van der Waals surface area contributed by atoms with Gasteiger partial charge >= 0.3 is 0 Å². The molecule has 2 rings (SSSR count). The maximum absolute atomic E-state index is 12.5. The smallest absolute Gasteiger partial charge is 0.240 e. The molecule has 0 amide bonds. The van der Waals surface area contributed by atoms with E-state index in [9.17, 15) is 8.42 Å². The van der Waals surface area contributed by atoms with Crippen LogP contribution >= 0.6 is 0 Å². The first-order chi connectivity index (χ1) is 12.0. The number of benzene rings is 2. The van der Waals surface area contributed by atoms with Crippen molar-refractivity contribution >= 4 is 15.7 Å². The van der Waals surface area contributed by atoms with Gasteiger partial charge in [0.1, 0.15) is 5.75 Å². The number of nitrogens with zero attached hydrogens (tertiary/aromatic N) is 1. The van der Waals surface area contributed by atoms with Crippen molar-refractivity contribution in [2.24, 2.45) is 0 Å². The van der Waals surface area contributed by atoms with E-state index in [1.54, 1.807) is 32.2 Å². The fourth-order valence-electron chi connectivity index (χ4n) is 2.71. The number of aryl methyl sites for hydroxylation is 1. The Morgan fingerprint density at radius 3 is 2.44 bits per heavy atom. The molecule has 0 unspecified atom stereocenters. The van der Waals surface area contributed by atoms with E-state index in [1.165, 1.54) is 0 Å². The Morgan fingerprint density at radius 2 is 1.84 bits per heavy atom. The molecule has 0 radical (unpaired) electrons. The molecule has 0 aliphatic carbocycles. The molecule has 0 aromatic heterocycles. The minimum atomic E-state index is -3.51. The second-order valence-corrected chi connectivity index (χ2v) is 7.53.